The zero-order chi connectivity index (χ0) is 10.8. The number of nitrogens with two attached hydrogens (primary N) is 1. The Kier molecular flexibility index (Phi) is 3.93. The van der Waals surface area contributed by atoms with Crippen LogP contribution in [-0.2, 0) is 4.74 Å². The second kappa shape index (κ2) is 4.60. The molecule has 0 bridgehead atoms. The molecule has 0 radical (unpaired) electrons. The van der Waals surface area contributed by atoms with Gasteiger partial charge in [-0.1, -0.05) is 20.8 Å². The molecule has 2 unspecified atom stereocenters. The molecule has 0 aliphatic carbocycles. The summed E-state index contributed by atoms with van der Waals surface area (Å²) in [6.45, 7) is 12.5. The van der Waals surface area contributed by atoms with Gasteiger partial charge in [0.15, 0.2) is 0 Å². The molecule has 1 fully saturated rings. The molecule has 84 valence electrons. The van der Waals surface area contributed by atoms with E-state index in [0.717, 1.165) is 26.3 Å². The molecule has 2 N–H and O–H groups in total. The van der Waals surface area contributed by atoms with E-state index in [9.17, 15) is 0 Å². The normalized spacial score (nSPS) is 27.6. The molecule has 1 aliphatic rings. The minimum atomic E-state index is 0.192. The largest absolute Gasteiger partial charge is 0.379 e. The third kappa shape index (κ3) is 3.23. The molecule has 0 aromatic rings. The van der Waals surface area contributed by atoms with Crippen LogP contribution in [0.25, 0.3) is 0 Å². The topological polar surface area (TPSA) is 38.5 Å². The first-order valence-corrected chi connectivity index (χ1v) is 5.48. The van der Waals surface area contributed by atoms with Crippen LogP contribution in [0.15, 0.2) is 0 Å². The molecule has 2 atom stereocenters. The van der Waals surface area contributed by atoms with Gasteiger partial charge in [0.05, 0.1) is 13.2 Å². The number of rotatable bonds is 2. The van der Waals surface area contributed by atoms with E-state index in [-0.39, 0.29) is 11.5 Å². The SMILES string of the molecule is CC1COCCN1CC(N)C(C)(C)C. The highest BCUT2D eigenvalue weighted by Gasteiger charge is 2.26. The predicted molar refractivity (Wildman–Crippen MR) is 59.3 cm³/mol. The van der Waals surface area contributed by atoms with E-state index in [1.165, 1.54) is 0 Å². The number of ether oxygens (including phenoxy) is 1. The van der Waals surface area contributed by atoms with Crippen LogP contribution in [0.2, 0.25) is 0 Å². The van der Waals surface area contributed by atoms with Crippen molar-refractivity contribution >= 4 is 0 Å². The van der Waals surface area contributed by atoms with Gasteiger partial charge in [-0.3, -0.25) is 4.90 Å². The summed E-state index contributed by atoms with van der Waals surface area (Å²) < 4.78 is 5.40. The zero-order valence-corrected chi connectivity index (χ0v) is 9.92. The Labute approximate surface area is 87.6 Å². The minimum Gasteiger partial charge on any atom is -0.379 e. The minimum absolute atomic E-state index is 0.192. The van der Waals surface area contributed by atoms with Gasteiger partial charge >= 0.3 is 0 Å². The van der Waals surface area contributed by atoms with Crippen molar-refractivity contribution in [2.75, 3.05) is 26.3 Å². The molecule has 1 saturated heterocycles. The molecule has 0 saturated carbocycles. The summed E-state index contributed by atoms with van der Waals surface area (Å²) in [6.07, 6.45) is 0. The summed E-state index contributed by atoms with van der Waals surface area (Å²) in [5, 5.41) is 0. The van der Waals surface area contributed by atoms with Crippen molar-refractivity contribution in [1.82, 2.24) is 4.90 Å². The smallest absolute Gasteiger partial charge is 0.0619 e. The van der Waals surface area contributed by atoms with Crippen molar-refractivity contribution in [3.05, 3.63) is 0 Å². The first-order valence-electron chi connectivity index (χ1n) is 5.48. The lowest BCUT2D eigenvalue weighted by Crippen LogP contribution is -2.52. The number of hydrogen-bond donors (Lipinski definition) is 1. The van der Waals surface area contributed by atoms with Crippen molar-refractivity contribution in [2.45, 2.75) is 39.8 Å². The van der Waals surface area contributed by atoms with Gasteiger partial charge in [-0.15, -0.1) is 0 Å². The Hall–Kier alpha value is -0.120. The molecular weight excluding hydrogens is 176 g/mol. The van der Waals surface area contributed by atoms with E-state index < -0.39 is 0 Å². The second-order valence-electron chi connectivity index (χ2n) is 5.39. The lowest BCUT2D eigenvalue weighted by molar-refractivity contribution is -0.00768. The van der Waals surface area contributed by atoms with Crippen LogP contribution in [0.4, 0.5) is 0 Å². The highest BCUT2D eigenvalue weighted by atomic mass is 16.5. The molecule has 1 heterocycles. The average Bonchev–Trinajstić information content (AvgIpc) is 2.07. The summed E-state index contributed by atoms with van der Waals surface area (Å²) in [4.78, 5) is 2.43. The third-order valence-electron chi connectivity index (χ3n) is 3.05. The number of hydrogen-bond acceptors (Lipinski definition) is 3. The van der Waals surface area contributed by atoms with E-state index >= 15 is 0 Å². The van der Waals surface area contributed by atoms with Crippen LogP contribution in [-0.4, -0.2) is 43.3 Å². The van der Waals surface area contributed by atoms with Crippen molar-refractivity contribution in [3.8, 4) is 0 Å². The molecule has 0 aromatic heterocycles. The van der Waals surface area contributed by atoms with E-state index in [2.05, 4.69) is 32.6 Å². The van der Waals surface area contributed by atoms with Crippen LogP contribution in [0.3, 0.4) is 0 Å². The molecule has 1 aliphatic heterocycles. The maximum Gasteiger partial charge on any atom is 0.0619 e. The summed E-state index contributed by atoms with van der Waals surface area (Å²) in [6, 6.07) is 0.750. The lowest BCUT2D eigenvalue weighted by atomic mass is 9.87. The predicted octanol–water partition coefficient (Wildman–Crippen LogP) is 1.08. The molecule has 3 nitrogen and oxygen atoms in total. The Bertz CT molecular complexity index is 177. The molecule has 1 rings (SSSR count). The van der Waals surface area contributed by atoms with Gasteiger partial charge in [0.2, 0.25) is 0 Å². The van der Waals surface area contributed by atoms with Gasteiger partial charge in [-0.25, -0.2) is 0 Å². The third-order valence-corrected chi connectivity index (χ3v) is 3.05. The highest BCUT2D eigenvalue weighted by Crippen LogP contribution is 2.19. The van der Waals surface area contributed by atoms with Crippen molar-refractivity contribution in [3.63, 3.8) is 0 Å². The van der Waals surface area contributed by atoms with Crippen LogP contribution in [0.5, 0.6) is 0 Å². The van der Waals surface area contributed by atoms with Gasteiger partial charge < -0.3 is 10.5 Å². The fourth-order valence-electron chi connectivity index (χ4n) is 1.56. The summed E-state index contributed by atoms with van der Waals surface area (Å²) in [5.74, 6) is 0. The maximum absolute atomic E-state index is 6.16. The first kappa shape index (κ1) is 12.0. The van der Waals surface area contributed by atoms with Crippen LogP contribution in [0.1, 0.15) is 27.7 Å². The Morgan fingerprint density at radius 1 is 1.50 bits per heavy atom. The Morgan fingerprint density at radius 3 is 2.64 bits per heavy atom. The van der Waals surface area contributed by atoms with E-state index in [4.69, 9.17) is 10.5 Å². The monoisotopic (exact) mass is 200 g/mol. The van der Waals surface area contributed by atoms with E-state index in [1.807, 2.05) is 0 Å². The van der Waals surface area contributed by atoms with Crippen LogP contribution in [0, 0.1) is 5.41 Å². The average molecular weight is 200 g/mol. The second-order valence-corrected chi connectivity index (χ2v) is 5.39. The fourth-order valence-corrected chi connectivity index (χ4v) is 1.56. The summed E-state index contributed by atoms with van der Waals surface area (Å²) in [5.41, 5.74) is 6.35. The van der Waals surface area contributed by atoms with Gasteiger partial charge in [-0.05, 0) is 12.3 Å². The molecule has 0 spiro atoms. The standard InChI is InChI=1S/C11H24N2O/c1-9-8-14-6-5-13(9)7-10(12)11(2,3)4/h9-10H,5-8,12H2,1-4H3. The van der Waals surface area contributed by atoms with Gasteiger partial charge in [0, 0.05) is 25.2 Å². The first-order chi connectivity index (χ1) is 6.41. The quantitative estimate of drug-likeness (QED) is 0.725. The summed E-state index contributed by atoms with van der Waals surface area (Å²) in [7, 11) is 0. The van der Waals surface area contributed by atoms with Gasteiger partial charge in [0.1, 0.15) is 0 Å². The molecule has 0 aromatic carbocycles. The van der Waals surface area contributed by atoms with Gasteiger partial charge in [-0.2, -0.15) is 0 Å². The number of nitrogens with zero attached hydrogens (tertiary/aromatic N) is 1. The molecule has 3 heteroatoms. The lowest BCUT2D eigenvalue weighted by Gasteiger charge is -2.38. The highest BCUT2D eigenvalue weighted by molar-refractivity contribution is 4.83. The molecule has 14 heavy (non-hydrogen) atoms. The van der Waals surface area contributed by atoms with Crippen molar-refractivity contribution in [1.29, 1.82) is 0 Å². The van der Waals surface area contributed by atoms with Crippen molar-refractivity contribution in [2.24, 2.45) is 11.1 Å². The van der Waals surface area contributed by atoms with Crippen LogP contribution >= 0.6 is 0 Å². The number of morpholine rings is 1. The van der Waals surface area contributed by atoms with Gasteiger partial charge in [0.25, 0.3) is 0 Å². The molecular formula is C11H24N2O. The zero-order valence-electron chi connectivity index (χ0n) is 9.92. The van der Waals surface area contributed by atoms with E-state index in [1.54, 1.807) is 0 Å². The van der Waals surface area contributed by atoms with E-state index in [0.29, 0.717) is 6.04 Å². The summed E-state index contributed by atoms with van der Waals surface area (Å²) >= 11 is 0. The Morgan fingerprint density at radius 2 is 2.14 bits per heavy atom. The maximum atomic E-state index is 6.16. The van der Waals surface area contributed by atoms with Crippen molar-refractivity contribution < 1.29 is 4.74 Å². The van der Waals surface area contributed by atoms with Crippen LogP contribution < -0.4 is 5.73 Å². The molecule has 0 amide bonds. The Balaban J connectivity index is 2.42. The fraction of sp³-hybridized carbons (Fsp3) is 1.00.